The highest BCUT2D eigenvalue weighted by molar-refractivity contribution is 5.94. The van der Waals surface area contributed by atoms with E-state index in [9.17, 15) is 19.2 Å². The third kappa shape index (κ3) is 7.69. The molecule has 0 saturated heterocycles. The third-order valence-electron chi connectivity index (χ3n) is 3.49. The number of carbonyl (C=O) groups is 4. The highest BCUT2D eigenvalue weighted by atomic mass is 16.5. The second-order valence-corrected chi connectivity index (χ2v) is 5.91. The van der Waals surface area contributed by atoms with Crippen molar-refractivity contribution in [2.24, 2.45) is 0 Å². The number of hydrogen-bond acceptors (Lipinski definition) is 5. The van der Waals surface area contributed by atoms with E-state index in [-0.39, 0.29) is 24.8 Å². The quantitative estimate of drug-likeness (QED) is 0.598. The van der Waals surface area contributed by atoms with Crippen molar-refractivity contribution in [3.63, 3.8) is 0 Å². The molecule has 0 saturated carbocycles. The van der Waals surface area contributed by atoms with Gasteiger partial charge in [-0.25, -0.2) is 0 Å². The van der Waals surface area contributed by atoms with Gasteiger partial charge in [-0.1, -0.05) is 30.3 Å². The van der Waals surface area contributed by atoms with Crippen LogP contribution < -0.4 is 16.0 Å². The summed E-state index contributed by atoms with van der Waals surface area (Å²) in [6.45, 7) is 0.610. The van der Waals surface area contributed by atoms with E-state index in [4.69, 9.17) is 4.74 Å². The Hall–Kier alpha value is -3.68. The van der Waals surface area contributed by atoms with E-state index in [0.29, 0.717) is 11.4 Å². The Morgan fingerprint density at radius 2 is 1.43 bits per heavy atom. The van der Waals surface area contributed by atoms with Gasteiger partial charge >= 0.3 is 5.97 Å². The van der Waals surface area contributed by atoms with E-state index in [1.807, 2.05) is 30.3 Å². The molecule has 0 heterocycles. The van der Waals surface area contributed by atoms with Gasteiger partial charge in [-0.2, -0.15) is 0 Å². The van der Waals surface area contributed by atoms with Gasteiger partial charge in [-0.05, 0) is 29.8 Å². The zero-order valence-corrected chi connectivity index (χ0v) is 15.4. The van der Waals surface area contributed by atoms with E-state index in [0.717, 1.165) is 5.56 Å². The predicted molar refractivity (Wildman–Crippen MR) is 103 cm³/mol. The maximum absolute atomic E-state index is 11.8. The van der Waals surface area contributed by atoms with E-state index in [1.54, 1.807) is 24.3 Å². The first-order valence-corrected chi connectivity index (χ1v) is 8.56. The van der Waals surface area contributed by atoms with Crippen LogP contribution in [0, 0.1) is 0 Å². The summed E-state index contributed by atoms with van der Waals surface area (Å²) in [5.41, 5.74) is 1.92. The average Bonchev–Trinajstić information content (AvgIpc) is 2.67. The van der Waals surface area contributed by atoms with Crippen molar-refractivity contribution in [2.75, 3.05) is 23.8 Å². The molecule has 28 heavy (non-hydrogen) atoms. The van der Waals surface area contributed by atoms with Gasteiger partial charge in [0.2, 0.25) is 11.8 Å². The monoisotopic (exact) mass is 383 g/mol. The number of carbonyl (C=O) groups excluding carboxylic acids is 4. The van der Waals surface area contributed by atoms with Crippen LogP contribution in [0.5, 0.6) is 0 Å². The van der Waals surface area contributed by atoms with Gasteiger partial charge in [-0.3, -0.25) is 19.2 Å². The molecule has 0 aliphatic carbocycles. The topological polar surface area (TPSA) is 114 Å². The molecule has 2 aromatic carbocycles. The van der Waals surface area contributed by atoms with Crippen molar-refractivity contribution in [3.8, 4) is 0 Å². The van der Waals surface area contributed by atoms with E-state index in [1.165, 1.54) is 6.92 Å². The minimum atomic E-state index is -0.711. The highest BCUT2D eigenvalue weighted by Crippen LogP contribution is 2.13. The average molecular weight is 383 g/mol. The zero-order chi connectivity index (χ0) is 20.4. The number of ether oxygens (including phenoxy) is 1. The summed E-state index contributed by atoms with van der Waals surface area (Å²) < 4.78 is 4.83. The van der Waals surface area contributed by atoms with Crippen molar-refractivity contribution >= 4 is 35.1 Å². The molecule has 2 aromatic rings. The first-order valence-electron chi connectivity index (χ1n) is 8.56. The summed E-state index contributed by atoms with van der Waals surface area (Å²) >= 11 is 0. The minimum absolute atomic E-state index is 0.156. The summed E-state index contributed by atoms with van der Waals surface area (Å²) in [4.78, 5) is 46.2. The van der Waals surface area contributed by atoms with Crippen molar-refractivity contribution in [1.29, 1.82) is 0 Å². The summed E-state index contributed by atoms with van der Waals surface area (Å²) in [5.74, 6) is -1.74. The molecule has 8 heteroatoms. The number of benzene rings is 2. The Bertz CT molecular complexity index is 835. The van der Waals surface area contributed by atoms with Gasteiger partial charge in [0, 0.05) is 18.3 Å². The lowest BCUT2D eigenvalue weighted by molar-refractivity contribution is -0.147. The molecular formula is C20H21N3O5. The van der Waals surface area contributed by atoms with E-state index < -0.39 is 18.5 Å². The van der Waals surface area contributed by atoms with Crippen molar-refractivity contribution in [1.82, 2.24) is 5.32 Å². The lowest BCUT2D eigenvalue weighted by Gasteiger charge is -2.08. The number of hydrogen-bond donors (Lipinski definition) is 3. The van der Waals surface area contributed by atoms with Crippen molar-refractivity contribution in [3.05, 3.63) is 60.2 Å². The maximum atomic E-state index is 11.8. The summed E-state index contributed by atoms with van der Waals surface area (Å²) in [7, 11) is 0. The van der Waals surface area contributed by atoms with Gasteiger partial charge in [0.15, 0.2) is 6.61 Å². The first-order chi connectivity index (χ1) is 13.4. The molecule has 0 aliphatic heterocycles. The normalized spacial score (nSPS) is 9.89. The Morgan fingerprint density at radius 1 is 0.821 bits per heavy atom. The predicted octanol–water partition coefficient (Wildman–Crippen LogP) is 1.49. The summed E-state index contributed by atoms with van der Waals surface area (Å²) in [6.07, 6.45) is 0.156. The van der Waals surface area contributed by atoms with Gasteiger partial charge in [-0.15, -0.1) is 0 Å². The second kappa shape index (κ2) is 10.5. The fourth-order valence-electron chi connectivity index (χ4n) is 2.25. The number of rotatable bonds is 8. The third-order valence-corrected chi connectivity index (χ3v) is 3.49. The van der Waals surface area contributed by atoms with Crippen LogP contribution in [0.4, 0.5) is 11.4 Å². The van der Waals surface area contributed by atoms with Crippen molar-refractivity contribution < 1.29 is 23.9 Å². The van der Waals surface area contributed by atoms with Crippen LogP contribution >= 0.6 is 0 Å². The molecule has 0 atom stereocenters. The van der Waals surface area contributed by atoms with E-state index in [2.05, 4.69) is 16.0 Å². The molecular weight excluding hydrogens is 362 g/mol. The second-order valence-electron chi connectivity index (χ2n) is 5.91. The highest BCUT2D eigenvalue weighted by Gasteiger charge is 2.10. The molecule has 0 unspecified atom stereocenters. The van der Waals surface area contributed by atoms with Crippen LogP contribution in [-0.4, -0.2) is 36.8 Å². The molecule has 0 fully saturated rings. The molecule has 146 valence electrons. The number of amides is 3. The molecule has 2 rings (SSSR count). The first kappa shape index (κ1) is 20.6. The van der Waals surface area contributed by atoms with Crippen LogP contribution in [0.1, 0.15) is 12.5 Å². The molecule has 3 amide bonds. The molecule has 3 N–H and O–H groups in total. The van der Waals surface area contributed by atoms with Gasteiger partial charge in [0.25, 0.3) is 5.91 Å². The fourth-order valence-corrected chi connectivity index (χ4v) is 2.25. The van der Waals surface area contributed by atoms with Gasteiger partial charge in [0.05, 0.1) is 6.42 Å². The van der Waals surface area contributed by atoms with Crippen LogP contribution in [-0.2, 0) is 30.3 Å². The number of nitrogens with one attached hydrogen (secondary N) is 3. The van der Waals surface area contributed by atoms with Gasteiger partial charge in [0.1, 0.15) is 6.54 Å². The van der Waals surface area contributed by atoms with Crippen LogP contribution in [0.3, 0.4) is 0 Å². The standard InChI is InChI=1S/C20H21N3O5/c1-14(24)22-16-7-9-17(10-8-16)23-19(26)13-28-20(27)12-21-18(25)11-15-5-3-2-4-6-15/h2-10H,11-13H2,1H3,(H,21,25)(H,22,24)(H,23,26). The fraction of sp³-hybridized carbons (Fsp3) is 0.200. The number of anilines is 2. The Kier molecular flexibility index (Phi) is 7.71. The van der Waals surface area contributed by atoms with Crippen LogP contribution in [0.15, 0.2) is 54.6 Å². The Morgan fingerprint density at radius 3 is 2.04 bits per heavy atom. The maximum Gasteiger partial charge on any atom is 0.325 e. The van der Waals surface area contributed by atoms with E-state index >= 15 is 0 Å². The molecule has 8 nitrogen and oxygen atoms in total. The summed E-state index contributed by atoms with van der Waals surface area (Å²) in [6, 6.07) is 15.6. The summed E-state index contributed by atoms with van der Waals surface area (Å²) in [5, 5.41) is 7.61. The smallest absolute Gasteiger partial charge is 0.325 e. The Balaban J connectivity index is 1.67. The van der Waals surface area contributed by atoms with Crippen LogP contribution in [0.25, 0.3) is 0 Å². The minimum Gasteiger partial charge on any atom is -0.454 e. The molecule has 0 aliphatic rings. The largest absolute Gasteiger partial charge is 0.454 e. The van der Waals surface area contributed by atoms with Gasteiger partial charge < -0.3 is 20.7 Å². The van der Waals surface area contributed by atoms with Crippen LogP contribution in [0.2, 0.25) is 0 Å². The van der Waals surface area contributed by atoms with Crippen molar-refractivity contribution in [2.45, 2.75) is 13.3 Å². The molecule has 0 spiro atoms. The zero-order valence-electron chi connectivity index (χ0n) is 15.4. The molecule has 0 bridgehead atoms. The number of esters is 1. The molecule has 0 radical (unpaired) electrons. The Labute approximate surface area is 162 Å². The lowest BCUT2D eigenvalue weighted by atomic mass is 10.1. The molecule has 0 aromatic heterocycles. The lowest BCUT2D eigenvalue weighted by Crippen LogP contribution is -2.33. The SMILES string of the molecule is CC(=O)Nc1ccc(NC(=O)COC(=O)CNC(=O)Cc2ccccc2)cc1.